The largest absolute Gasteiger partial charge is 1.00 e. The summed E-state index contributed by atoms with van der Waals surface area (Å²) in [6, 6.07) is 0. The Hall–Kier alpha value is 0.276. The van der Waals surface area contributed by atoms with Gasteiger partial charge in [-0.1, -0.05) is 11.6 Å². The number of aromatic amines is 1. The van der Waals surface area contributed by atoms with Crippen molar-refractivity contribution in [3.63, 3.8) is 0 Å². The third-order valence-corrected chi connectivity index (χ3v) is 1.53. The average Bonchev–Trinajstić information content (AvgIpc) is 2.34. The van der Waals surface area contributed by atoms with Crippen LogP contribution in [0.15, 0.2) is 6.33 Å². The number of hydrogen-bond acceptors (Lipinski definition) is 4. The van der Waals surface area contributed by atoms with Crippen LogP contribution in [0.2, 0.25) is 5.15 Å². The van der Waals surface area contributed by atoms with E-state index in [0.29, 0.717) is 16.3 Å². The van der Waals surface area contributed by atoms with Crippen LogP contribution in [0, 0.1) is 0 Å². The molecule has 0 atom stereocenters. The minimum absolute atomic E-state index is 0. The van der Waals surface area contributed by atoms with Crippen molar-refractivity contribution in [1.82, 2.24) is 19.9 Å². The Morgan fingerprint density at radius 2 is 2.17 bits per heavy atom. The molecule has 2 aromatic heterocycles. The SMILES string of the molecule is Nc1nc(Cl)c2[nH]cnc2n1.[K+]. The summed E-state index contributed by atoms with van der Waals surface area (Å²) in [6.45, 7) is 0. The normalized spacial score (nSPS) is 9.75. The number of hydrogen-bond donors (Lipinski definition) is 2. The van der Waals surface area contributed by atoms with E-state index in [4.69, 9.17) is 17.3 Å². The Morgan fingerprint density at radius 3 is 2.92 bits per heavy atom. The zero-order chi connectivity index (χ0) is 7.84. The van der Waals surface area contributed by atoms with E-state index in [-0.39, 0.29) is 57.3 Å². The molecule has 0 amide bonds. The topological polar surface area (TPSA) is 80.5 Å². The molecule has 0 aromatic carbocycles. The molecule has 12 heavy (non-hydrogen) atoms. The molecular formula is C5H4ClKN5+. The minimum Gasteiger partial charge on any atom is -0.368 e. The second kappa shape index (κ2) is 3.99. The number of aromatic nitrogens is 4. The van der Waals surface area contributed by atoms with Gasteiger partial charge in [0.05, 0.1) is 6.33 Å². The molecule has 56 valence electrons. The number of halogens is 1. The monoisotopic (exact) mass is 208 g/mol. The molecule has 0 radical (unpaired) electrons. The minimum atomic E-state index is 0. The van der Waals surface area contributed by atoms with Gasteiger partial charge in [0.1, 0.15) is 5.52 Å². The molecule has 0 aliphatic rings. The van der Waals surface area contributed by atoms with E-state index in [0.717, 1.165) is 0 Å². The zero-order valence-electron chi connectivity index (χ0n) is 6.37. The van der Waals surface area contributed by atoms with Gasteiger partial charge in [0.25, 0.3) is 0 Å². The summed E-state index contributed by atoms with van der Waals surface area (Å²) >= 11 is 5.70. The molecule has 3 N–H and O–H groups in total. The number of nitrogens with one attached hydrogen (secondary N) is 1. The van der Waals surface area contributed by atoms with E-state index in [2.05, 4.69) is 19.9 Å². The summed E-state index contributed by atoms with van der Waals surface area (Å²) in [5.41, 5.74) is 6.42. The van der Waals surface area contributed by atoms with Gasteiger partial charge in [-0.2, -0.15) is 9.97 Å². The molecule has 0 unspecified atom stereocenters. The quantitative estimate of drug-likeness (QED) is 0.374. The number of nitrogens with two attached hydrogens (primary N) is 1. The van der Waals surface area contributed by atoms with Crippen LogP contribution in [0.25, 0.3) is 11.2 Å². The third-order valence-electron chi connectivity index (χ3n) is 1.26. The molecule has 2 aromatic rings. The van der Waals surface area contributed by atoms with Crippen LogP contribution in [-0.4, -0.2) is 19.9 Å². The van der Waals surface area contributed by atoms with Crippen molar-refractivity contribution in [3.8, 4) is 0 Å². The van der Waals surface area contributed by atoms with Gasteiger partial charge < -0.3 is 10.7 Å². The first-order chi connectivity index (χ1) is 5.27. The molecular weight excluding hydrogens is 205 g/mol. The molecule has 0 aliphatic carbocycles. The van der Waals surface area contributed by atoms with Gasteiger partial charge in [-0.05, 0) is 0 Å². The number of anilines is 1. The predicted octanol–water partition coefficient (Wildman–Crippen LogP) is -2.41. The maximum Gasteiger partial charge on any atom is 1.00 e. The summed E-state index contributed by atoms with van der Waals surface area (Å²) in [4.78, 5) is 14.2. The number of fused-ring (bicyclic) bond motifs is 1. The van der Waals surface area contributed by atoms with Crippen LogP contribution >= 0.6 is 11.6 Å². The summed E-state index contributed by atoms with van der Waals surface area (Å²) in [6.07, 6.45) is 1.49. The maximum absolute atomic E-state index is 5.70. The first kappa shape index (κ1) is 10.4. The van der Waals surface area contributed by atoms with Crippen molar-refractivity contribution in [2.45, 2.75) is 0 Å². The number of rotatable bonds is 0. The molecule has 0 saturated heterocycles. The van der Waals surface area contributed by atoms with Gasteiger partial charge in [-0.3, -0.25) is 0 Å². The second-order valence-electron chi connectivity index (χ2n) is 1.97. The Bertz CT molecular complexity index is 400. The molecule has 0 fully saturated rings. The van der Waals surface area contributed by atoms with Crippen molar-refractivity contribution >= 4 is 28.7 Å². The van der Waals surface area contributed by atoms with Gasteiger partial charge in [-0.15, -0.1) is 0 Å². The molecule has 0 aliphatic heterocycles. The Labute approximate surface area is 116 Å². The summed E-state index contributed by atoms with van der Waals surface area (Å²) in [5.74, 6) is 0.134. The maximum atomic E-state index is 5.70. The number of imidazole rings is 1. The van der Waals surface area contributed by atoms with E-state index >= 15 is 0 Å². The van der Waals surface area contributed by atoms with Crippen molar-refractivity contribution in [2.24, 2.45) is 0 Å². The number of H-pyrrole nitrogens is 1. The fraction of sp³-hybridized carbons (Fsp3) is 0. The van der Waals surface area contributed by atoms with Crippen molar-refractivity contribution in [3.05, 3.63) is 11.5 Å². The van der Waals surface area contributed by atoms with Crippen LogP contribution in [0.3, 0.4) is 0 Å². The van der Waals surface area contributed by atoms with Gasteiger partial charge in [0.15, 0.2) is 10.8 Å². The standard InChI is InChI=1S/C5H4ClN5.K/c6-3-2-4(9-1-8-2)11-5(7)10-3;/h1H,(H3,7,8,9,10,11);/q;+1. The van der Waals surface area contributed by atoms with E-state index in [1.165, 1.54) is 6.33 Å². The molecule has 0 bridgehead atoms. The van der Waals surface area contributed by atoms with Crippen LogP contribution in [0.4, 0.5) is 5.95 Å². The molecule has 5 nitrogen and oxygen atoms in total. The number of nitrogens with zero attached hydrogens (tertiary/aromatic N) is 3. The van der Waals surface area contributed by atoms with Crippen LogP contribution in [0.5, 0.6) is 0 Å². The number of nitrogen functional groups attached to an aromatic ring is 1. The fourth-order valence-electron chi connectivity index (χ4n) is 0.814. The zero-order valence-corrected chi connectivity index (χ0v) is 10.3. The van der Waals surface area contributed by atoms with E-state index in [1.54, 1.807) is 0 Å². The van der Waals surface area contributed by atoms with Crippen LogP contribution < -0.4 is 57.1 Å². The average molecular weight is 209 g/mol. The Balaban J connectivity index is 0.000000720. The van der Waals surface area contributed by atoms with Gasteiger partial charge in [-0.25, -0.2) is 4.98 Å². The van der Waals surface area contributed by atoms with E-state index in [9.17, 15) is 0 Å². The van der Waals surface area contributed by atoms with E-state index in [1.807, 2.05) is 0 Å². The van der Waals surface area contributed by atoms with Gasteiger partial charge in [0, 0.05) is 0 Å². The van der Waals surface area contributed by atoms with Crippen LogP contribution in [0.1, 0.15) is 0 Å². The predicted molar refractivity (Wildman–Crippen MR) is 41.1 cm³/mol. The smallest absolute Gasteiger partial charge is 0.368 e. The first-order valence-corrected chi connectivity index (χ1v) is 3.27. The fourth-order valence-corrected chi connectivity index (χ4v) is 1.04. The Morgan fingerprint density at radius 1 is 1.42 bits per heavy atom. The van der Waals surface area contributed by atoms with Gasteiger partial charge in [0.2, 0.25) is 5.95 Å². The Kier molecular flexibility index (Phi) is 3.44. The molecule has 2 heterocycles. The second-order valence-corrected chi connectivity index (χ2v) is 2.33. The van der Waals surface area contributed by atoms with Gasteiger partial charge >= 0.3 is 51.4 Å². The molecule has 0 saturated carbocycles. The third kappa shape index (κ3) is 1.78. The van der Waals surface area contributed by atoms with Crippen molar-refractivity contribution in [2.75, 3.05) is 5.73 Å². The summed E-state index contributed by atoms with van der Waals surface area (Å²) < 4.78 is 0. The van der Waals surface area contributed by atoms with Crippen LogP contribution in [-0.2, 0) is 0 Å². The van der Waals surface area contributed by atoms with E-state index < -0.39 is 0 Å². The molecule has 0 spiro atoms. The van der Waals surface area contributed by atoms with Crippen molar-refractivity contribution < 1.29 is 51.4 Å². The molecule has 2 rings (SSSR count). The summed E-state index contributed by atoms with van der Waals surface area (Å²) in [5, 5.41) is 0.296. The summed E-state index contributed by atoms with van der Waals surface area (Å²) in [7, 11) is 0. The first-order valence-electron chi connectivity index (χ1n) is 2.89. The van der Waals surface area contributed by atoms with Crippen molar-refractivity contribution in [1.29, 1.82) is 0 Å². The molecule has 7 heteroatoms.